The number of alkyl halides is 2. The second-order valence-corrected chi connectivity index (χ2v) is 8.54. The molecule has 4 nitrogen and oxygen atoms in total. The van der Waals surface area contributed by atoms with E-state index in [1.807, 2.05) is 48.7 Å². The Morgan fingerprint density at radius 2 is 1.71 bits per heavy atom. The first-order valence-corrected chi connectivity index (χ1v) is 10.8. The molecule has 2 fully saturated rings. The van der Waals surface area contributed by atoms with Crippen LogP contribution in [-0.2, 0) is 4.79 Å². The number of hydrogen-bond acceptors (Lipinski definition) is 3. The quantitative estimate of drug-likeness (QED) is 0.572. The first-order chi connectivity index (χ1) is 15.0. The number of likely N-dealkylation sites (tertiary alicyclic amines) is 1. The van der Waals surface area contributed by atoms with Gasteiger partial charge < -0.3 is 9.64 Å². The van der Waals surface area contributed by atoms with Gasteiger partial charge in [0.15, 0.2) is 0 Å². The Hall–Kier alpha value is -3.02. The third-order valence-corrected chi connectivity index (χ3v) is 6.27. The van der Waals surface area contributed by atoms with Crippen LogP contribution in [0.3, 0.4) is 0 Å². The highest BCUT2D eigenvalue weighted by molar-refractivity contribution is 5.83. The van der Waals surface area contributed by atoms with Crippen LogP contribution in [0.4, 0.5) is 8.78 Å². The highest BCUT2D eigenvalue weighted by Gasteiger charge is 2.50. The van der Waals surface area contributed by atoms with Crippen LogP contribution in [-0.4, -0.2) is 40.9 Å². The van der Waals surface area contributed by atoms with Crippen molar-refractivity contribution >= 4 is 16.8 Å². The van der Waals surface area contributed by atoms with Crippen molar-refractivity contribution in [2.24, 2.45) is 5.92 Å². The van der Waals surface area contributed by atoms with Crippen molar-refractivity contribution in [2.45, 2.75) is 37.7 Å². The summed E-state index contributed by atoms with van der Waals surface area (Å²) in [6.07, 6.45) is 2.72. The van der Waals surface area contributed by atoms with Crippen LogP contribution in [0.2, 0.25) is 0 Å². The predicted molar refractivity (Wildman–Crippen MR) is 115 cm³/mol. The lowest BCUT2D eigenvalue weighted by Gasteiger charge is -2.39. The first kappa shape index (κ1) is 19.9. The summed E-state index contributed by atoms with van der Waals surface area (Å²) in [5.74, 6) is -2.50. The normalized spacial score (nSPS) is 19.2. The molecule has 1 aliphatic heterocycles. The van der Waals surface area contributed by atoms with Gasteiger partial charge in [0.25, 0.3) is 0 Å². The van der Waals surface area contributed by atoms with Gasteiger partial charge in [-0.25, -0.2) is 8.78 Å². The van der Waals surface area contributed by atoms with Crippen molar-refractivity contribution in [1.82, 2.24) is 9.88 Å². The Balaban J connectivity index is 1.16. The lowest BCUT2D eigenvalue weighted by molar-refractivity contribution is -0.161. The van der Waals surface area contributed by atoms with E-state index >= 15 is 0 Å². The van der Waals surface area contributed by atoms with Crippen LogP contribution in [0.15, 0.2) is 60.8 Å². The van der Waals surface area contributed by atoms with E-state index < -0.39 is 11.8 Å². The third kappa shape index (κ3) is 4.24. The molecule has 1 aliphatic carbocycles. The van der Waals surface area contributed by atoms with Crippen LogP contribution in [0.1, 0.15) is 25.7 Å². The van der Waals surface area contributed by atoms with Gasteiger partial charge in [-0.1, -0.05) is 30.3 Å². The van der Waals surface area contributed by atoms with Crippen molar-refractivity contribution in [3.8, 4) is 16.9 Å². The molecule has 0 atom stereocenters. The molecule has 2 heterocycles. The summed E-state index contributed by atoms with van der Waals surface area (Å²) in [5.41, 5.74) is 3.10. The fourth-order valence-electron chi connectivity index (χ4n) is 4.44. The number of aromatic nitrogens is 1. The van der Waals surface area contributed by atoms with Gasteiger partial charge in [-0.15, -0.1) is 0 Å². The average Bonchev–Trinajstić information content (AvgIpc) is 2.78. The summed E-state index contributed by atoms with van der Waals surface area (Å²) >= 11 is 0. The topological polar surface area (TPSA) is 42.4 Å². The summed E-state index contributed by atoms with van der Waals surface area (Å²) < 4.78 is 32.2. The van der Waals surface area contributed by atoms with E-state index in [-0.39, 0.29) is 24.9 Å². The van der Waals surface area contributed by atoms with E-state index in [4.69, 9.17) is 4.74 Å². The molecule has 0 spiro atoms. The number of ether oxygens (including phenoxy) is 1. The SMILES string of the molecule is O=C(C1CC(F)(F)C1)N1CCC(Oc2ccc(-c3cnc4ccccc4c3)cc2)CC1. The Morgan fingerprint density at radius 1 is 1.00 bits per heavy atom. The van der Waals surface area contributed by atoms with Crippen LogP contribution < -0.4 is 4.74 Å². The van der Waals surface area contributed by atoms with Crippen molar-refractivity contribution in [1.29, 1.82) is 0 Å². The Kier molecular flexibility index (Phi) is 5.08. The minimum Gasteiger partial charge on any atom is -0.490 e. The van der Waals surface area contributed by atoms with E-state index in [0.29, 0.717) is 25.9 Å². The highest BCUT2D eigenvalue weighted by atomic mass is 19.3. The number of halogens is 2. The smallest absolute Gasteiger partial charge is 0.249 e. The monoisotopic (exact) mass is 422 g/mol. The van der Waals surface area contributed by atoms with Crippen LogP contribution in [0, 0.1) is 5.92 Å². The Labute approximate surface area is 179 Å². The number of piperidine rings is 1. The first-order valence-electron chi connectivity index (χ1n) is 10.8. The molecular weight excluding hydrogens is 398 g/mol. The van der Waals surface area contributed by atoms with Crippen molar-refractivity contribution in [3.63, 3.8) is 0 Å². The molecule has 0 unspecified atom stereocenters. The minimum atomic E-state index is -2.66. The molecule has 3 aromatic rings. The molecule has 0 bridgehead atoms. The summed E-state index contributed by atoms with van der Waals surface area (Å²) in [7, 11) is 0. The van der Waals surface area contributed by atoms with Gasteiger partial charge in [0, 0.05) is 61.8 Å². The second-order valence-electron chi connectivity index (χ2n) is 8.54. The number of rotatable bonds is 4. The van der Waals surface area contributed by atoms with Gasteiger partial charge in [0.2, 0.25) is 11.8 Å². The zero-order chi connectivity index (χ0) is 21.4. The molecule has 160 valence electrons. The summed E-state index contributed by atoms with van der Waals surface area (Å²) in [5, 5.41) is 1.10. The fraction of sp³-hybridized carbons (Fsp3) is 0.360. The highest BCUT2D eigenvalue weighted by Crippen LogP contribution is 2.43. The molecule has 0 radical (unpaired) electrons. The van der Waals surface area contributed by atoms with Crippen molar-refractivity contribution < 1.29 is 18.3 Å². The van der Waals surface area contributed by atoms with Crippen LogP contribution in [0.5, 0.6) is 5.75 Å². The average molecular weight is 422 g/mol. The number of pyridine rings is 1. The van der Waals surface area contributed by atoms with Crippen LogP contribution >= 0.6 is 0 Å². The number of nitrogens with zero attached hydrogens (tertiary/aromatic N) is 2. The van der Waals surface area contributed by atoms with Gasteiger partial charge in [-0.3, -0.25) is 9.78 Å². The molecule has 31 heavy (non-hydrogen) atoms. The third-order valence-electron chi connectivity index (χ3n) is 6.27. The Bertz CT molecular complexity index is 1080. The molecule has 2 aromatic carbocycles. The van der Waals surface area contributed by atoms with Gasteiger partial charge in [-0.05, 0) is 29.8 Å². The van der Waals surface area contributed by atoms with E-state index in [1.54, 1.807) is 4.90 Å². The van der Waals surface area contributed by atoms with Crippen LogP contribution in [0.25, 0.3) is 22.0 Å². The molecule has 1 amide bonds. The second kappa shape index (κ2) is 7.91. The lowest BCUT2D eigenvalue weighted by atomic mass is 9.80. The van der Waals surface area contributed by atoms with E-state index in [2.05, 4.69) is 17.1 Å². The van der Waals surface area contributed by atoms with Crippen molar-refractivity contribution in [2.75, 3.05) is 13.1 Å². The maximum absolute atomic E-state index is 13.0. The number of amides is 1. The predicted octanol–water partition coefficient (Wildman–Crippen LogP) is 5.32. The molecule has 5 rings (SSSR count). The van der Waals surface area contributed by atoms with Crippen molar-refractivity contribution in [3.05, 3.63) is 60.8 Å². The standard InChI is InChI=1S/C25H24F2N2O2/c26-25(27)14-20(15-25)24(30)29-11-9-22(10-12-29)31-21-7-5-17(6-8-21)19-13-18-3-1-2-4-23(18)28-16-19/h1-8,13,16,20,22H,9-12,14-15H2. The summed E-state index contributed by atoms with van der Waals surface area (Å²) in [6, 6.07) is 18.1. The largest absolute Gasteiger partial charge is 0.490 e. The molecule has 1 saturated carbocycles. The number of para-hydroxylation sites is 1. The zero-order valence-corrected chi connectivity index (χ0v) is 17.1. The molecule has 2 aliphatic rings. The molecule has 1 aromatic heterocycles. The lowest BCUT2D eigenvalue weighted by Crippen LogP contribution is -2.50. The fourth-order valence-corrected chi connectivity index (χ4v) is 4.44. The van der Waals surface area contributed by atoms with E-state index in [1.165, 1.54) is 0 Å². The Morgan fingerprint density at radius 3 is 2.42 bits per heavy atom. The van der Waals surface area contributed by atoms with Gasteiger partial charge >= 0.3 is 0 Å². The summed E-state index contributed by atoms with van der Waals surface area (Å²) in [4.78, 5) is 18.6. The number of fused-ring (bicyclic) bond motifs is 1. The van der Waals surface area contributed by atoms with E-state index in [0.717, 1.165) is 27.8 Å². The van der Waals surface area contributed by atoms with E-state index in [9.17, 15) is 13.6 Å². The van der Waals surface area contributed by atoms with Gasteiger partial charge in [-0.2, -0.15) is 0 Å². The molecule has 6 heteroatoms. The van der Waals surface area contributed by atoms with Gasteiger partial charge in [0.1, 0.15) is 11.9 Å². The molecule has 0 N–H and O–H groups in total. The minimum absolute atomic E-state index is 0.0278. The molecular formula is C25H24F2N2O2. The molecule has 1 saturated heterocycles. The maximum atomic E-state index is 13.0. The number of carbonyl (C=O) groups excluding carboxylic acids is 1. The maximum Gasteiger partial charge on any atom is 0.249 e. The zero-order valence-electron chi connectivity index (χ0n) is 17.1. The summed E-state index contributed by atoms with van der Waals surface area (Å²) in [6.45, 7) is 1.12. The number of carbonyl (C=O) groups is 1. The number of benzene rings is 2. The number of hydrogen-bond donors (Lipinski definition) is 0. The van der Waals surface area contributed by atoms with Gasteiger partial charge in [0.05, 0.1) is 5.52 Å².